The van der Waals surface area contributed by atoms with Gasteiger partial charge in [-0.05, 0) is 67.1 Å². The molecule has 0 saturated heterocycles. The zero-order valence-electron chi connectivity index (χ0n) is 12.3. The Balaban J connectivity index is 1.79. The van der Waals surface area contributed by atoms with Crippen molar-refractivity contribution in [2.75, 3.05) is 5.32 Å². The Labute approximate surface area is 131 Å². The van der Waals surface area contributed by atoms with Crippen LogP contribution < -0.4 is 5.32 Å². The summed E-state index contributed by atoms with van der Waals surface area (Å²) in [6, 6.07) is 13.0. The molecular weight excluding hydrogens is 300 g/mol. The SMILES string of the molecule is Cc1cc(F)ccc1NC(=O)c1ccc(-c2ccc(F)cc2)o1. The first-order valence-electron chi connectivity index (χ1n) is 6.96. The topological polar surface area (TPSA) is 42.2 Å². The Bertz CT molecular complexity index is 854. The maximum atomic E-state index is 13.1. The first-order valence-corrected chi connectivity index (χ1v) is 6.96. The van der Waals surface area contributed by atoms with E-state index >= 15 is 0 Å². The summed E-state index contributed by atoms with van der Waals surface area (Å²) < 4.78 is 31.5. The molecule has 0 spiro atoms. The molecule has 0 aliphatic carbocycles. The van der Waals surface area contributed by atoms with E-state index in [1.54, 1.807) is 25.1 Å². The van der Waals surface area contributed by atoms with E-state index in [1.807, 2.05) is 0 Å². The molecule has 0 radical (unpaired) electrons. The van der Waals surface area contributed by atoms with Crippen molar-refractivity contribution >= 4 is 11.6 Å². The second-order valence-corrected chi connectivity index (χ2v) is 5.08. The fourth-order valence-electron chi connectivity index (χ4n) is 2.18. The van der Waals surface area contributed by atoms with Crippen molar-refractivity contribution in [3.63, 3.8) is 0 Å². The molecule has 0 saturated carbocycles. The van der Waals surface area contributed by atoms with E-state index < -0.39 is 5.91 Å². The van der Waals surface area contributed by atoms with Crippen LogP contribution in [0.25, 0.3) is 11.3 Å². The average molecular weight is 313 g/mol. The summed E-state index contributed by atoms with van der Waals surface area (Å²) in [5.41, 5.74) is 1.79. The summed E-state index contributed by atoms with van der Waals surface area (Å²) in [5.74, 6) is -0.561. The van der Waals surface area contributed by atoms with Gasteiger partial charge in [-0.3, -0.25) is 4.79 Å². The van der Waals surface area contributed by atoms with Crippen LogP contribution in [0, 0.1) is 18.6 Å². The van der Waals surface area contributed by atoms with Gasteiger partial charge in [0.25, 0.3) is 5.91 Å². The number of anilines is 1. The minimum absolute atomic E-state index is 0.119. The van der Waals surface area contributed by atoms with Crippen LogP contribution in [0.15, 0.2) is 59.0 Å². The summed E-state index contributed by atoms with van der Waals surface area (Å²) in [5, 5.41) is 2.67. The normalized spacial score (nSPS) is 10.6. The van der Waals surface area contributed by atoms with Gasteiger partial charge < -0.3 is 9.73 Å². The molecule has 0 aliphatic heterocycles. The minimum atomic E-state index is -0.437. The molecule has 0 unspecified atom stereocenters. The van der Waals surface area contributed by atoms with Crippen LogP contribution in [-0.4, -0.2) is 5.91 Å². The molecule has 5 heteroatoms. The number of hydrogen-bond acceptors (Lipinski definition) is 2. The molecule has 1 N–H and O–H groups in total. The Morgan fingerprint density at radius 2 is 1.65 bits per heavy atom. The van der Waals surface area contributed by atoms with Gasteiger partial charge in [-0.15, -0.1) is 0 Å². The first-order chi connectivity index (χ1) is 11.0. The first kappa shape index (κ1) is 15.0. The maximum Gasteiger partial charge on any atom is 0.291 e. The summed E-state index contributed by atoms with van der Waals surface area (Å²) >= 11 is 0. The number of aryl methyl sites for hydroxylation is 1. The quantitative estimate of drug-likeness (QED) is 0.755. The molecule has 0 bridgehead atoms. The average Bonchev–Trinajstić information content (AvgIpc) is 3.01. The third kappa shape index (κ3) is 3.29. The number of carbonyl (C=O) groups is 1. The van der Waals surface area contributed by atoms with Crippen LogP contribution in [0.1, 0.15) is 16.1 Å². The largest absolute Gasteiger partial charge is 0.451 e. The maximum absolute atomic E-state index is 13.1. The zero-order chi connectivity index (χ0) is 16.4. The molecule has 0 fully saturated rings. The lowest BCUT2D eigenvalue weighted by atomic mass is 10.2. The Morgan fingerprint density at radius 3 is 2.35 bits per heavy atom. The van der Waals surface area contributed by atoms with Gasteiger partial charge in [0, 0.05) is 11.3 Å². The molecule has 116 valence electrons. The number of amides is 1. The van der Waals surface area contributed by atoms with Crippen LogP contribution in [0.5, 0.6) is 0 Å². The van der Waals surface area contributed by atoms with Gasteiger partial charge >= 0.3 is 0 Å². The van der Waals surface area contributed by atoms with Crippen molar-refractivity contribution < 1.29 is 18.0 Å². The Hall–Kier alpha value is -2.95. The fraction of sp³-hybridized carbons (Fsp3) is 0.0556. The third-order valence-electron chi connectivity index (χ3n) is 3.40. The number of hydrogen-bond donors (Lipinski definition) is 1. The molecule has 3 aromatic rings. The zero-order valence-corrected chi connectivity index (χ0v) is 12.3. The molecule has 0 atom stereocenters. The highest BCUT2D eigenvalue weighted by atomic mass is 19.1. The Morgan fingerprint density at radius 1 is 0.957 bits per heavy atom. The second-order valence-electron chi connectivity index (χ2n) is 5.08. The van der Waals surface area contributed by atoms with Crippen LogP contribution >= 0.6 is 0 Å². The molecule has 3 rings (SSSR count). The van der Waals surface area contributed by atoms with Gasteiger partial charge in [0.15, 0.2) is 5.76 Å². The number of halogens is 2. The van der Waals surface area contributed by atoms with Gasteiger partial charge in [0.05, 0.1) is 0 Å². The molecule has 0 aliphatic rings. The highest BCUT2D eigenvalue weighted by Crippen LogP contribution is 2.23. The number of carbonyl (C=O) groups excluding carboxylic acids is 1. The summed E-state index contributed by atoms with van der Waals surface area (Å²) in [4.78, 5) is 12.2. The molecule has 1 amide bonds. The lowest BCUT2D eigenvalue weighted by Gasteiger charge is -2.06. The van der Waals surface area contributed by atoms with Gasteiger partial charge in [-0.25, -0.2) is 8.78 Å². The van der Waals surface area contributed by atoms with Crippen molar-refractivity contribution in [2.24, 2.45) is 0 Å². The lowest BCUT2D eigenvalue weighted by molar-refractivity contribution is 0.0997. The predicted molar refractivity (Wildman–Crippen MR) is 83.2 cm³/mol. The summed E-state index contributed by atoms with van der Waals surface area (Å²) in [6.45, 7) is 1.70. The third-order valence-corrected chi connectivity index (χ3v) is 3.40. The minimum Gasteiger partial charge on any atom is -0.451 e. The highest BCUT2D eigenvalue weighted by molar-refractivity contribution is 6.03. The van der Waals surface area contributed by atoms with E-state index in [9.17, 15) is 13.6 Å². The van der Waals surface area contributed by atoms with Crippen molar-refractivity contribution in [3.05, 3.63) is 77.6 Å². The standard InChI is InChI=1S/C18H13F2NO2/c1-11-10-14(20)6-7-15(11)21-18(22)17-9-8-16(23-17)12-2-4-13(19)5-3-12/h2-10H,1H3,(H,21,22). The van der Waals surface area contributed by atoms with Crippen LogP contribution in [0.3, 0.4) is 0 Å². The van der Waals surface area contributed by atoms with E-state index in [4.69, 9.17) is 4.42 Å². The van der Waals surface area contributed by atoms with E-state index in [2.05, 4.69) is 5.32 Å². The van der Waals surface area contributed by atoms with Crippen molar-refractivity contribution in [1.82, 2.24) is 0 Å². The van der Waals surface area contributed by atoms with Crippen molar-refractivity contribution in [3.8, 4) is 11.3 Å². The van der Waals surface area contributed by atoms with Crippen LogP contribution in [0.4, 0.5) is 14.5 Å². The molecule has 2 aromatic carbocycles. The van der Waals surface area contributed by atoms with Gasteiger partial charge in [0.1, 0.15) is 17.4 Å². The summed E-state index contributed by atoms with van der Waals surface area (Å²) in [6.07, 6.45) is 0. The molecule has 23 heavy (non-hydrogen) atoms. The Kier molecular flexibility index (Phi) is 3.93. The molecular formula is C18H13F2NO2. The lowest BCUT2D eigenvalue weighted by Crippen LogP contribution is -2.11. The molecule has 1 heterocycles. The van der Waals surface area contributed by atoms with E-state index in [0.717, 1.165) is 0 Å². The number of rotatable bonds is 3. The van der Waals surface area contributed by atoms with Gasteiger partial charge in [-0.1, -0.05) is 0 Å². The highest BCUT2D eigenvalue weighted by Gasteiger charge is 2.13. The monoisotopic (exact) mass is 313 g/mol. The number of furan rings is 1. The van der Waals surface area contributed by atoms with Crippen molar-refractivity contribution in [1.29, 1.82) is 0 Å². The smallest absolute Gasteiger partial charge is 0.291 e. The molecule has 3 nitrogen and oxygen atoms in total. The predicted octanol–water partition coefficient (Wildman–Crippen LogP) is 4.79. The number of nitrogens with one attached hydrogen (secondary N) is 1. The van der Waals surface area contributed by atoms with E-state index in [1.165, 1.54) is 36.4 Å². The van der Waals surface area contributed by atoms with Crippen LogP contribution in [0.2, 0.25) is 0 Å². The summed E-state index contributed by atoms with van der Waals surface area (Å²) in [7, 11) is 0. The van der Waals surface area contributed by atoms with E-state index in [0.29, 0.717) is 22.6 Å². The van der Waals surface area contributed by atoms with Gasteiger partial charge in [-0.2, -0.15) is 0 Å². The second kappa shape index (κ2) is 6.04. The van der Waals surface area contributed by atoms with Crippen molar-refractivity contribution in [2.45, 2.75) is 6.92 Å². The molecule has 1 aromatic heterocycles. The number of benzene rings is 2. The fourth-order valence-corrected chi connectivity index (χ4v) is 2.18. The van der Waals surface area contributed by atoms with Crippen LogP contribution in [-0.2, 0) is 0 Å². The van der Waals surface area contributed by atoms with E-state index in [-0.39, 0.29) is 17.4 Å². The van der Waals surface area contributed by atoms with Gasteiger partial charge in [0.2, 0.25) is 0 Å².